The number of ether oxygens (including phenoxy) is 1. The Hall–Kier alpha value is -1.99. The first kappa shape index (κ1) is 13.4. The summed E-state index contributed by atoms with van der Waals surface area (Å²) in [6, 6.07) is 1.97. The molecule has 1 fully saturated rings. The van der Waals surface area contributed by atoms with Gasteiger partial charge in [-0.15, -0.1) is 0 Å². The number of nitrogens with zero attached hydrogens (tertiary/aromatic N) is 1. The van der Waals surface area contributed by atoms with E-state index < -0.39 is 18.0 Å². The predicted molar refractivity (Wildman–Crippen MR) is 57.8 cm³/mol. The molecule has 1 aromatic rings. The number of hydrogen-bond acceptors (Lipinski definition) is 3. The molecule has 0 saturated heterocycles. The van der Waals surface area contributed by atoms with E-state index in [1.54, 1.807) is 0 Å². The Bertz CT molecular complexity index is 472. The first-order valence-electron chi connectivity index (χ1n) is 5.54. The van der Waals surface area contributed by atoms with E-state index in [-0.39, 0.29) is 17.9 Å². The third-order valence-electron chi connectivity index (χ3n) is 2.75. The van der Waals surface area contributed by atoms with E-state index in [4.69, 9.17) is 9.84 Å². The molecule has 1 aliphatic rings. The van der Waals surface area contributed by atoms with Gasteiger partial charge in [-0.1, -0.05) is 0 Å². The number of hydrogen-bond donors (Lipinski definition) is 2. The zero-order valence-electron chi connectivity index (χ0n) is 9.65. The van der Waals surface area contributed by atoms with Crippen LogP contribution in [-0.4, -0.2) is 28.3 Å². The molecule has 0 aromatic carbocycles. The summed E-state index contributed by atoms with van der Waals surface area (Å²) >= 11 is 0. The van der Waals surface area contributed by atoms with E-state index in [0.717, 1.165) is 12.3 Å². The summed E-state index contributed by atoms with van der Waals surface area (Å²) in [6.07, 6.45) is -3.99. The number of carbonyl (C=O) groups is 1. The summed E-state index contributed by atoms with van der Waals surface area (Å²) < 4.78 is 42.6. The Morgan fingerprint density at radius 3 is 2.74 bits per heavy atom. The monoisotopic (exact) mass is 276 g/mol. The quantitative estimate of drug-likeness (QED) is 0.888. The van der Waals surface area contributed by atoms with Crippen molar-refractivity contribution >= 4 is 6.09 Å². The second-order valence-corrected chi connectivity index (χ2v) is 4.23. The van der Waals surface area contributed by atoms with Crippen molar-refractivity contribution in [2.45, 2.75) is 31.2 Å². The van der Waals surface area contributed by atoms with Crippen LogP contribution in [0.1, 0.15) is 18.5 Å². The maximum atomic E-state index is 12.4. The van der Waals surface area contributed by atoms with Gasteiger partial charge in [-0.3, -0.25) is 4.98 Å². The minimum atomic E-state index is -4.51. The van der Waals surface area contributed by atoms with Gasteiger partial charge in [0.05, 0.1) is 0 Å². The van der Waals surface area contributed by atoms with Crippen LogP contribution < -0.4 is 10.1 Å². The van der Waals surface area contributed by atoms with Crippen molar-refractivity contribution in [2.75, 3.05) is 0 Å². The molecule has 2 rings (SSSR count). The lowest BCUT2D eigenvalue weighted by atomic mass is 9.89. The van der Waals surface area contributed by atoms with Crippen LogP contribution in [0.25, 0.3) is 0 Å². The van der Waals surface area contributed by atoms with Crippen LogP contribution in [0.5, 0.6) is 5.75 Å². The number of aromatic nitrogens is 1. The minimum Gasteiger partial charge on any atom is -0.490 e. The SMILES string of the molecule is O=C(O)NC1CC(Oc2ccnc(C(F)(F)F)c2)C1. The first-order valence-corrected chi connectivity index (χ1v) is 5.54. The number of rotatable bonds is 3. The molecule has 8 heteroatoms. The third kappa shape index (κ3) is 3.49. The lowest BCUT2D eigenvalue weighted by molar-refractivity contribution is -0.141. The topological polar surface area (TPSA) is 71.5 Å². The Morgan fingerprint density at radius 2 is 2.16 bits per heavy atom. The van der Waals surface area contributed by atoms with Gasteiger partial charge in [0.1, 0.15) is 17.5 Å². The molecule has 0 bridgehead atoms. The molecule has 0 spiro atoms. The van der Waals surface area contributed by atoms with Crippen LogP contribution >= 0.6 is 0 Å². The molecule has 1 aromatic heterocycles. The van der Waals surface area contributed by atoms with Crippen LogP contribution in [0.4, 0.5) is 18.0 Å². The number of amides is 1. The zero-order chi connectivity index (χ0) is 14.0. The predicted octanol–water partition coefficient (Wildman–Crippen LogP) is 2.28. The van der Waals surface area contributed by atoms with E-state index in [2.05, 4.69) is 10.3 Å². The van der Waals surface area contributed by atoms with E-state index in [9.17, 15) is 18.0 Å². The number of halogens is 3. The maximum absolute atomic E-state index is 12.4. The lowest BCUT2D eigenvalue weighted by Gasteiger charge is -2.35. The molecular weight excluding hydrogens is 265 g/mol. The van der Waals surface area contributed by atoms with Crippen LogP contribution in [0.3, 0.4) is 0 Å². The van der Waals surface area contributed by atoms with Gasteiger partial charge in [-0.25, -0.2) is 4.79 Å². The molecule has 1 amide bonds. The molecule has 1 aliphatic carbocycles. The molecule has 0 aliphatic heterocycles. The molecule has 0 unspecified atom stereocenters. The number of alkyl halides is 3. The van der Waals surface area contributed by atoms with Gasteiger partial charge >= 0.3 is 12.3 Å². The Labute approximate surface area is 106 Å². The summed E-state index contributed by atoms with van der Waals surface area (Å²) in [5.41, 5.74) is -1.01. The van der Waals surface area contributed by atoms with E-state index in [1.165, 1.54) is 6.07 Å². The van der Waals surface area contributed by atoms with Crippen molar-refractivity contribution in [1.29, 1.82) is 0 Å². The molecule has 5 nitrogen and oxygen atoms in total. The smallest absolute Gasteiger partial charge is 0.433 e. The summed E-state index contributed by atoms with van der Waals surface area (Å²) in [4.78, 5) is 13.6. The Balaban J connectivity index is 1.90. The average molecular weight is 276 g/mol. The van der Waals surface area contributed by atoms with Gasteiger partial charge in [0.2, 0.25) is 0 Å². The Morgan fingerprint density at radius 1 is 1.47 bits per heavy atom. The molecule has 1 saturated carbocycles. The highest BCUT2D eigenvalue weighted by molar-refractivity contribution is 5.65. The van der Waals surface area contributed by atoms with Crippen molar-refractivity contribution in [1.82, 2.24) is 10.3 Å². The molecule has 1 heterocycles. The highest BCUT2D eigenvalue weighted by Crippen LogP contribution is 2.31. The minimum absolute atomic E-state index is 0.0844. The zero-order valence-corrected chi connectivity index (χ0v) is 9.65. The molecular formula is C11H11F3N2O3. The summed E-state index contributed by atoms with van der Waals surface area (Å²) in [5, 5.41) is 10.7. The number of carboxylic acid groups (broad SMARTS) is 1. The van der Waals surface area contributed by atoms with Gasteiger partial charge in [0.15, 0.2) is 0 Å². The molecule has 2 N–H and O–H groups in total. The maximum Gasteiger partial charge on any atom is 0.433 e. The summed E-state index contributed by atoms with van der Waals surface area (Å²) in [7, 11) is 0. The second kappa shape index (κ2) is 4.94. The third-order valence-corrected chi connectivity index (χ3v) is 2.75. The van der Waals surface area contributed by atoms with E-state index in [0.29, 0.717) is 12.8 Å². The first-order chi connectivity index (χ1) is 8.84. The lowest BCUT2D eigenvalue weighted by Crippen LogP contribution is -2.48. The van der Waals surface area contributed by atoms with Crippen molar-refractivity contribution in [3.8, 4) is 5.75 Å². The van der Waals surface area contributed by atoms with Crippen molar-refractivity contribution in [3.63, 3.8) is 0 Å². The normalized spacial score (nSPS) is 22.5. The second-order valence-electron chi connectivity index (χ2n) is 4.23. The van der Waals surface area contributed by atoms with Gasteiger partial charge < -0.3 is 15.2 Å². The highest BCUT2D eigenvalue weighted by Gasteiger charge is 2.34. The van der Waals surface area contributed by atoms with Crippen LogP contribution in [0.2, 0.25) is 0 Å². The van der Waals surface area contributed by atoms with Crippen LogP contribution in [0, 0.1) is 0 Å². The molecule has 0 atom stereocenters. The fourth-order valence-corrected chi connectivity index (χ4v) is 1.79. The van der Waals surface area contributed by atoms with E-state index >= 15 is 0 Å². The van der Waals surface area contributed by atoms with Crippen LogP contribution in [0.15, 0.2) is 18.3 Å². The van der Waals surface area contributed by atoms with Crippen LogP contribution in [-0.2, 0) is 6.18 Å². The number of nitrogens with one attached hydrogen (secondary N) is 1. The average Bonchev–Trinajstić information content (AvgIpc) is 2.25. The summed E-state index contributed by atoms with van der Waals surface area (Å²) in [5.74, 6) is 0.0844. The van der Waals surface area contributed by atoms with E-state index in [1.807, 2.05) is 0 Å². The fraction of sp³-hybridized carbons (Fsp3) is 0.455. The summed E-state index contributed by atoms with van der Waals surface area (Å²) in [6.45, 7) is 0. The van der Waals surface area contributed by atoms with Crippen molar-refractivity contribution in [3.05, 3.63) is 24.0 Å². The largest absolute Gasteiger partial charge is 0.490 e. The van der Waals surface area contributed by atoms with Gasteiger partial charge in [0.25, 0.3) is 0 Å². The standard InChI is InChI=1S/C11H11F3N2O3/c12-11(13,14)9-5-7(1-2-15-9)19-8-3-6(4-8)16-10(17)18/h1-2,5-6,8,16H,3-4H2,(H,17,18). The van der Waals surface area contributed by atoms with Gasteiger partial charge in [-0.2, -0.15) is 13.2 Å². The molecule has 104 valence electrons. The number of pyridine rings is 1. The molecule has 19 heavy (non-hydrogen) atoms. The fourth-order valence-electron chi connectivity index (χ4n) is 1.79. The van der Waals surface area contributed by atoms with Gasteiger partial charge in [-0.05, 0) is 6.07 Å². The molecule has 0 radical (unpaired) electrons. The Kier molecular flexibility index (Phi) is 3.50. The van der Waals surface area contributed by atoms with Crippen molar-refractivity contribution in [2.24, 2.45) is 0 Å². The van der Waals surface area contributed by atoms with Crippen molar-refractivity contribution < 1.29 is 27.8 Å². The van der Waals surface area contributed by atoms with Gasteiger partial charge in [0, 0.05) is 31.1 Å². The highest BCUT2D eigenvalue weighted by atomic mass is 19.4.